The van der Waals surface area contributed by atoms with Crippen LogP contribution in [0.2, 0.25) is 0 Å². The molecule has 1 saturated heterocycles. The predicted molar refractivity (Wildman–Crippen MR) is 119 cm³/mol. The molecule has 2 heterocycles. The lowest BCUT2D eigenvalue weighted by Crippen LogP contribution is -2.41. The van der Waals surface area contributed by atoms with E-state index in [4.69, 9.17) is 14.0 Å². The van der Waals surface area contributed by atoms with E-state index in [-0.39, 0.29) is 6.10 Å². The third-order valence-corrected chi connectivity index (χ3v) is 6.56. The monoisotopic (exact) mass is 410 g/mol. The molecule has 2 aromatic carbocycles. The largest absolute Gasteiger partial charge is 0.497 e. The van der Waals surface area contributed by atoms with Crippen molar-refractivity contribution in [2.24, 2.45) is 0 Å². The second kappa shape index (κ2) is 7.38. The van der Waals surface area contributed by atoms with Crippen molar-refractivity contribution in [1.82, 2.24) is 8.75 Å². The first-order valence-corrected chi connectivity index (χ1v) is 10.8. The molecular formula is C22H27BN2O3S. The Balaban J connectivity index is 1.67. The summed E-state index contributed by atoms with van der Waals surface area (Å²) in [7, 11) is -0.452. The highest BCUT2D eigenvalue weighted by atomic mass is 32.1. The number of ether oxygens (including phenoxy) is 1. The Morgan fingerprint density at radius 1 is 0.966 bits per heavy atom. The maximum absolute atomic E-state index is 6.23. The molecule has 4 rings (SSSR count). The van der Waals surface area contributed by atoms with Crippen LogP contribution in [0.15, 0.2) is 36.4 Å². The number of hydrogen-bond acceptors (Lipinski definition) is 6. The van der Waals surface area contributed by atoms with Gasteiger partial charge in [0.25, 0.3) is 0 Å². The number of fused-ring (bicyclic) bond motifs is 1. The van der Waals surface area contributed by atoms with Crippen LogP contribution in [0.25, 0.3) is 22.2 Å². The smallest absolute Gasteiger partial charge is 0.491 e. The first kappa shape index (κ1) is 20.3. The van der Waals surface area contributed by atoms with Crippen molar-refractivity contribution in [1.29, 1.82) is 0 Å². The van der Waals surface area contributed by atoms with Gasteiger partial charge in [-0.2, -0.15) is 8.75 Å². The summed E-state index contributed by atoms with van der Waals surface area (Å²) in [5.41, 5.74) is 3.98. The Bertz CT molecular complexity index is 1000. The highest BCUT2D eigenvalue weighted by molar-refractivity contribution is 7.00. The lowest BCUT2D eigenvalue weighted by molar-refractivity contribution is 0.00578. The molecule has 1 atom stereocenters. The third-order valence-electron chi connectivity index (χ3n) is 6.03. The molecule has 29 heavy (non-hydrogen) atoms. The number of benzene rings is 2. The summed E-state index contributed by atoms with van der Waals surface area (Å²) in [4.78, 5) is 0. The van der Waals surface area contributed by atoms with Gasteiger partial charge >= 0.3 is 7.12 Å². The summed E-state index contributed by atoms with van der Waals surface area (Å²) >= 11 is 1.21. The Labute approximate surface area is 176 Å². The van der Waals surface area contributed by atoms with Crippen LogP contribution in [0.5, 0.6) is 5.75 Å². The van der Waals surface area contributed by atoms with Crippen molar-refractivity contribution in [3.63, 3.8) is 0 Å². The van der Waals surface area contributed by atoms with Gasteiger partial charge in [0.2, 0.25) is 0 Å². The minimum atomic E-state index is -0.452. The van der Waals surface area contributed by atoms with Crippen LogP contribution in [0, 0.1) is 0 Å². The summed E-state index contributed by atoms with van der Waals surface area (Å²) < 4.78 is 27.5. The normalized spacial score (nSPS) is 18.9. The van der Waals surface area contributed by atoms with Crippen LogP contribution in [0.3, 0.4) is 0 Å². The van der Waals surface area contributed by atoms with Gasteiger partial charge in [0.15, 0.2) is 0 Å². The predicted octanol–water partition coefficient (Wildman–Crippen LogP) is 4.83. The number of rotatable bonds is 5. The van der Waals surface area contributed by atoms with Crippen molar-refractivity contribution in [2.45, 2.75) is 65.3 Å². The van der Waals surface area contributed by atoms with Crippen molar-refractivity contribution in [3.8, 4) is 16.9 Å². The first-order valence-electron chi connectivity index (χ1n) is 10.1. The Kier molecular flexibility index (Phi) is 5.17. The van der Waals surface area contributed by atoms with Crippen LogP contribution in [-0.4, -0.2) is 33.2 Å². The molecule has 1 unspecified atom stereocenters. The highest BCUT2D eigenvalue weighted by Gasteiger charge is 2.52. The number of aromatic nitrogens is 2. The second-order valence-corrected chi connectivity index (χ2v) is 9.14. The molecular weight excluding hydrogens is 383 g/mol. The van der Waals surface area contributed by atoms with Crippen LogP contribution < -0.4 is 10.2 Å². The summed E-state index contributed by atoms with van der Waals surface area (Å²) in [6, 6.07) is 12.3. The number of nitrogens with zero attached hydrogens (tertiary/aromatic N) is 2. The SMILES string of the molecule is CCC(C)Oc1ccc(-c2ccc(B3OC(C)(C)C(C)(C)O3)c3nsnc23)cc1. The van der Waals surface area contributed by atoms with Crippen LogP contribution in [-0.2, 0) is 9.31 Å². The van der Waals surface area contributed by atoms with E-state index >= 15 is 0 Å². The summed E-state index contributed by atoms with van der Waals surface area (Å²) in [6.45, 7) is 12.4. The van der Waals surface area contributed by atoms with Gasteiger partial charge in [0.1, 0.15) is 16.8 Å². The zero-order chi connectivity index (χ0) is 20.8. The van der Waals surface area contributed by atoms with E-state index in [1.54, 1.807) is 0 Å². The fourth-order valence-corrected chi connectivity index (χ4v) is 3.89. The zero-order valence-electron chi connectivity index (χ0n) is 17.9. The molecule has 0 spiro atoms. The van der Waals surface area contributed by atoms with Crippen molar-refractivity contribution < 1.29 is 14.0 Å². The molecule has 3 aromatic rings. The third kappa shape index (κ3) is 3.67. The van der Waals surface area contributed by atoms with E-state index in [0.29, 0.717) is 0 Å². The van der Waals surface area contributed by atoms with Crippen LogP contribution in [0.1, 0.15) is 48.0 Å². The minimum absolute atomic E-state index is 0.203. The zero-order valence-corrected chi connectivity index (χ0v) is 18.7. The molecule has 0 aliphatic carbocycles. The number of hydrogen-bond donors (Lipinski definition) is 0. The van der Waals surface area contributed by atoms with Gasteiger partial charge in [0, 0.05) is 11.0 Å². The Morgan fingerprint density at radius 2 is 1.59 bits per heavy atom. The minimum Gasteiger partial charge on any atom is -0.491 e. The fraction of sp³-hybridized carbons (Fsp3) is 0.455. The van der Waals surface area contributed by atoms with Crippen molar-refractivity contribution in [2.75, 3.05) is 0 Å². The molecule has 7 heteroatoms. The molecule has 152 valence electrons. The maximum Gasteiger partial charge on any atom is 0.497 e. The molecule has 0 amide bonds. The van der Waals surface area contributed by atoms with Gasteiger partial charge in [-0.1, -0.05) is 31.2 Å². The first-order chi connectivity index (χ1) is 13.7. The van der Waals surface area contributed by atoms with Gasteiger partial charge in [-0.15, -0.1) is 0 Å². The van der Waals surface area contributed by atoms with Gasteiger partial charge < -0.3 is 14.0 Å². The average Bonchev–Trinajstić information content (AvgIpc) is 3.24. The summed E-state index contributed by atoms with van der Waals surface area (Å²) in [5, 5.41) is 0. The van der Waals surface area contributed by atoms with E-state index < -0.39 is 18.3 Å². The molecule has 1 aromatic heterocycles. The van der Waals surface area contributed by atoms with E-state index in [1.807, 2.05) is 18.2 Å². The molecule has 0 bridgehead atoms. The molecule has 0 N–H and O–H groups in total. The van der Waals surface area contributed by atoms with Gasteiger partial charge in [0.05, 0.1) is 29.0 Å². The van der Waals surface area contributed by atoms with Gasteiger partial charge in [-0.3, -0.25) is 0 Å². The van der Waals surface area contributed by atoms with Gasteiger partial charge in [-0.05, 0) is 58.7 Å². The molecule has 5 nitrogen and oxygen atoms in total. The highest BCUT2D eigenvalue weighted by Crippen LogP contribution is 2.37. The molecule has 1 aliphatic heterocycles. The van der Waals surface area contributed by atoms with E-state index in [0.717, 1.165) is 39.8 Å². The lowest BCUT2D eigenvalue weighted by Gasteiger charge is -2.32. The van der Waals surface area contributed by atoms with E-state index in [9.17, 15) is 0 Å². The summed E-state index contributed by atoms with van der Waals surface area (Å²) in [5.74, 6) is 0.879. The average molecular weight is 410 g/mol. The van der Waals surface area contributed by atoms with E-state index in [2.05, 4.69) is 68.5 Å². The molecule has 0 saturated carbocycles. The fourth-order valence-electron chi connectivity index (χ4n) is 3.31. The molecule has 0 radical (unpaired) electrons. The van der Waals surface area contributed by atoms with Crippen LogP contribution in [0.4, 0.5) is 0 Å². The maximum atomic E-state index is 6.23. The lowest BCUT2D eigenvalue weighted by atomic mass is 9.77. The molecule has 1 fully saturated rings. The van der Waals surface area contributed by atoms with Crippen molar-refractivity contribution >= 4 is 35.3 Å². The van der Waals surface area contributed by atoms with E-state index in [1.165, 1.54) is 11.7 Å². The quantitative estimate of drug-likeness (QED) is 0.564. The van der Waals surface area contributed by atoms with Gasteiger partial charge in [-0.25, -0.2) is 0 Å². The topological polar surface area (TPSA) is 53.5 Å². The Hall–Kier alpha value is -1.96. The van der Waals surface area contributed by atoms with Crippen LogP contribution >= 0.6 is 11.7 Å². The van der Waals surface area contributed by atoms with Crippen molar-refractivity contribution in [3.05, 3.63) is 36.4 Å². The summed E-state index contributed by atoms with van der Waals surface area (Å²) in [6.07, 6.45) is 1.18. The Morgan fingerprint density at radius 3 is 2.21 bits per heavy atom. The second-order valence-electron chi connectivity index (χ2n) is 8.61. The molecule has 1 aliphatic rings. The standard InChI is InChI=1S/C22H27BN2O3S/c1-7-14(2)26-16-10-8-15(9-11-16)17-12-13-18(20-19(17)24-29-25-20)23-27-21(3,4)22(5,6)28-23/h8-14H,7H2,1-6H3.